The zero-order valence-corrected chi connectivity index (χ0v) is 18.1. The number of aromatic hydroxyl groups is 1. The number of carbonyl (C=O) groups excluding carboxylic acids is 1. The van der Waals surface area contributed by atoms with Crippen LogP contribution in [-0.2, 0) is 11.4 Å². The van der Waals surface area contributed by atoms with E-state index in [1.807, 2.05) is 73.7 Å². The van der Waals surface area contributed by atoms with E-state index in [1.165, 1.54) is 17.7 Å². The Labute approximate surface area is 192 Å². The molecule has 162 valence electrons. The lowest BCUT2D eigenvalue weighted by Crippen LogP contribution is -2.13. The number of phenols is 1. The molecule has 4 rings (SSSR count). The van der Waals surface area contributed by atoms with Crippen molar-refractivity contribution in [1.29, 1.82) is 5.26 Å². The summed E-state index contributed by atoms with van der Waals surface area (Å²) in [6, 6.07) is 27.7. The van der Waals surface area contributed by atoms with E-state index in [1.54, 1.807) is 18.2 Å². The predicted octanol–water partition coefficient (Wildman–Crippen LogP) is 5.98. The maximum absolute atomic E-state index is 12.8. The molecule has 2 N–H and O–H groups in total. The number of hydrogen-bond donors (Lipinski definition) is 2. The van der Waals surface area contributed by atoms with Crippen molar-refractivity contribution in [1.82, 2.24) is 0 Å². The summed E-state index contributed by atoms with van der Waals surface area (Å²) in [5.74, 6) is 0.134. The average Bonchev–Trinajstić information content (AvgIpc) is 2.84. The third-order valence-corrected chi connectivity index (χ3v) is 5.22. The van der Waals surface area contributed by atoms with Crippen LogP contribution in [0, 0.1) is 18.3 Å². The van der Waals surface area contributed by atoms with Crippen LogP contribution in [0.1, 0.15) is 16.7 Å². The number of rotatable bonds is 6. The van der Waals surface area contributed by atoms with Crippen molar-refractivity contribution >= 4 is 28.4 Å². The molecule has 0 bridgehead atoms. The highest BCUT2D eigenvalue weighted by molar-refractivity contribution is 6.11. The number of nitrogens with one attached hydrogen (secondary N) is 1. The Bertz CT molecular complexity index is 1370. The molecule has 4 aromatic carbocycles. The number of benzene rings is 4. The van der Waals surface area contributed by atoms with Crippen LogP contribution in [0.3, 0.4) is 0 Å². The standard InChI is InChI=1S/C28H22N2O3/c1-19-6-8-20(9-7-19)18-33-27-15-10-21-4-2-3-5-25(21)26(27)16-22(17-29)28(32)30-23-11-13-24(31)14-12-23/h2-16,31H,18H2,1H3,(H,30,32)/b22-16+. The first-order chi connectivity index (χ1) is 16.0. The minimum absolute atomic E-state index is 0.0559. The van der Waals surface area contributed by atoms with E-state index in [4.69, 9.17) is 4.74 Å². The fraction of sp³-hybridized carbons (Fsp3) is 0.0714. The van der Waals surface area contributed by atoms with Crippen LogP contribution in [0.25, 0.3) is 16.8 Å². The molecule has 0 spiro atoms. The highest BCUT2D eigenvalue weighted by Gasteiger charge is 2.14. The summed E-state index contributed by atoms with van der Waals surface area (Å²) in [5.41, 5.74) is 3.28. The van der Waals surface area contributed by atoms with E-state index in [9.17, 15) is 15.2 Å². The molecule has 5 nitrogen and oxygen atoms in total. The van der Waals surface area contributed by atoms with Crippen LogP contribution in [0.15, 0.2) is 90.5 Å². The van der Waals surface area contributed by atoms with Gasteiger partial charge < -0.3 is 15.2 Å². The van der Waals surface area contributed by atoms with Crippen LogP contribution >= 0.6 is 0 Å². The average molecular weight is 434 g/mol. The van der Waals surface area contributed by atoms with Crippen LogP contribution in [0.4, 0.5) is 5.69 Å². The normalized spacial score (nSPS) is 11.1. The van der Waals surface area contributed by atoms with E-state index >= 15 is 0 Å². The molecule has 5 heteroatoms. The number of phenolic OH excluding ortho intramolecular Hbond substituents is 1. The summed E-state index contributed by atoms with van der Waals surface area (Å²) < 4.78 is 6.11. The second kappa shape index (κ2) is 9.71. The van der Waals surface area contributed by atoms with Gasteiger partial charge in [-0.15, -0.1) is 0 Å². The first-order valence-corrected chi connectivity index (χ1v) is 10.5. The first-order valence-electron chi connectivity index (χ1n) is 10.5. The lowest BCUT2D eigenvalue weighted by molar-refractivity contribution is -0.112. The van der Waals surface area contributed by atoms with Gasteiger partial charge in [0.15, 0.2) is 0 Å². The van der Waals surface area contributed by atoms with E-state index < -0.39 is 5.91 Å². The number of fused-ring (bicyclic) bond motifs is 1. The molecular formula is C28H22N2O3. The summed E-state index contributed by atoms with van der Waals surface area (Å²) in [5, 5.41) is 23.7. The number of carbonyl (C=O) groups is 1. The number of hydrogen-bond acceptors (Lipinski definition) is 4. The first kappa shape index (κ1) is 21.7. The maximum atomic E-state index is 12.8. The quantitative estimate of drug-likeness (QED) is 0.222. The summed E-state index contributed by atoms with van der Waals surface area (Å²) in [6.07, 6.45) is 1.56. The van der Waals surface area contributed by atoms with E-state index in [0.717, 1.165) is 16.3 Å². The number of aryl methyl sites for hydroxylation is 1. The van der Waals surface area contributed by atoms with Crippen molar-refractivity contribution in [2.45, 2.75) is 13.5 Å². The molecular weight excluding hydrogens is 412 g/mol. The van der Waals surface area contributed by atoms with Gasteiger partial charge in [0, 0.05) is 11.3 Å². The lowest BCUT2D eigenvalue weighted by Gasteiger charge is -2.13. The van der Waals surface area contributed by atoms with E-state index in [-0.39, 0.29) is 11.3 Å². The van der Waals surface area contributed by atoms with Gasteiger partial charge in [0.2, 0.25) is 0 Å². The Morgan fingerprint density at radius 3 is 2.45 bits per heavy atom. The monoisotopic (exact) mass is 434 g/mol. The SMILES string of the molecule is Cc1ccc(COc2ccc3ccccc3c2/C=C(\C#N)C(=O)Nc2ccc(O)cc2)cc1. The van der Waals surface area contributed by atoms with E-state index in [2.05, 4.69) is 5.32 Å². The molecule has 0 aliphatic heterocycles. The zero-order chi connectivity index (χ0) is 23.2. The van der Waals surface area contributed by atoms with Crippen molar-refractivity contribution in [3.63, 3.8) is 0 Å². The van der Waals surface area contributed by atoms with Gasteiger partial charge in [-0.1, -0.05) is 60.2 Å². The third-order valence-electron chi connectivity index (χ3n) is 5.22. The van der Waals surface area contributed by atoms with Crippen molar-refractivity contribution in [2.75, 3.05) is 5.32 Å². The molecule has 1 amide bonds. The number of amides is 1. The van der Waals surface area contributed by atoms with Crippen molar-refractivity contribution in [2.24, 2.45) is 0 Å². The van der Waals surface area contributed by atoms with Gasteiger partial charge in [-0.25, -0.2) is 0 Å². The number of nitriles is 1. The van der Waals surface area contributed by atoms with Crippen LogP contribution in [0.2, 0.25) is 0 Å². The summed E-state index contributed by atoms with van der Waals surface area (Å²) >= 11 is 0. The second-order valence-electron chi connectivity index (χ2n) is 7.64. The highest BCUT2D eigenvalue weighted by atomic mass is 16.5. The van der Waals surface area contributed by atoms with Gasteiger partial charge in [0.05, 0.1) is 0 Å². The fourth-order valence-corrected chi connectivity index (χ4v) is 3.43. The molecule has 0 unspecified atom stereocenters. The Hall–Kier alpha value is -4.56. The van der Waals surface area contributed by atoms with Crippen LogP contribution < -0.4 is 10.1 Å². The zero-order valence-electron chi connectivity index (χ0n) is 18.1. The van der Waals surface area contributed by atoms with Gasteiger partial charge >= 0.3 is 0 Å². The number of ether oxygens (including phenoxy) is 1. The Balaban J connectivity index is 1.68. The minimum Gasteiger partial charge on any atom is -0.508 e. The van der Waals surface area contributed by atoms with Crippen molar-refractivity contribution < 1.29 is 14.6 Å². The van der Waals surface area contributed by atoms with E-state index in [0.29, 0.717) is 23.6 Å². The largest absolute Gasteiger partial charge is 0.508 e. The van der Waals surface area contributed by atoms with Gasteiger partial charge in [-0.05, 0) is 59.7 Å². The lowest BCUT2D eigenvalue weighted by atomic mass is 10.0. The molecule has 0 aliphatic carbocycles. The molecule has 4 aromatic rings. The maximum Gasteiger partial charge on any atom is 0.266 e. The smallest absolute Gasteiger partial charge is 0.266 e. The Morgan fingerprint density at radius 2 is 1.73 bits per heavy atom. The summed E-state index contributed by atoms with van der Waals surface area (Å²) in [6.45, 7) is 2.39. The summed E-state index contributed by atoms with van der Waals surface area (Å²) in [7, 11) is 0. The predicted molar refractivity (Wildman–Crippen MR) is 130 cm³/mol. The van der Waals surface area contributed by atoms with Crippen molar-refractivity contribution in [3.05, 3.63) is 107 Å². The molecule has 33 heavy (non-hydrogen) atoms. The van der Waals surface area contributed by atoms with Gasteiger partial charge in [0.1, 0.15) is 29.7 Å². The fourth-order valence-electron chi connectivity index (χ4n) is 3.43. The van der Waals surface area contributed by atoms with Crippen molar-refractivity contribution in [3.8, 4) is 17.6 Å². The highest BCUT2D eigenvalue weighted by Crippen LogP contribution is 2.31. The number of nitrogens with zero attached hydrogens (tertiary/aromatic N) is 1. The van der Waals surface area contributed by atoms with Crippen LogP contribution in [-0.4, -0.2) is 11.0 Å². The van der Waals surface area contributed by atoms with Crippen LogP contribution in [0.5, 0.6) is 11.5 Å². The number of anilines is 1. The molecule has 0 saturated heterocycles. The molecule has 0 radical (unpaired) electrons. The third kappa shape index (κ3) is 5.20. The topological polar surface area (TPSA) is 82.3 Å². The Kier molecular flexibility index (Phi) is 6.38. The molecule has 0 saturated carbocycles. The molecule has 0 atom stereocenters. The minimum atomic E-state index is -0.541. The van der Waals surface area contributed by atoms with Gasteiger partial charge in [0.25, 0.3) is 5.91 Å². The second-order valence-corrected chi connectivity index (χ2v) is 7.64. The Morgan fingerprint density at radius 1 is 1.00 bits per heavy atom. The van der Waals surface area contributed by atoms with Gasteiger partial charge in [-0.3, -0.25) is 4.79 Å². The molecule has 0 aliphatic rings. The molecule has 0 aromatic heterocycles. The van der Waals surface area contributed by atoms with Gasteiger partial charge in [-0.2, -0.15) is 5.26 Å². The molecule has 0 heterocycles. The molecule has 0 fully saturated rings. The summed E-state index contributed by atoms with van der Waals surface area (Å²) in [4.78, 5) is 12.8.